The van der Waals surface area contributed by atoms with Crippen LogP contribution in [0.1, 0.15) is 5.56 Å². The van der Waals surface area contributed by atoms with Crippen molar-refractivity contribution in [2.24, 2.45) is 0 Å². The summed E-state index contributed by atoms with van der Waals surface area (Å²) in [4.78, 5) is 2.16. The third-order valence-electron chi connectivity index (χ3n) is 2.28. The molecule has 0 fully saturated rings. The monoisotopic (exact) mass is 322 g/mol. The minimum atomic E-state index is 0. The molecule has 0 unspecified atom stereocenters. The highest BCUT2D eigenvalue weighted by Gasteiger charge is 2.00. The summed E-state index contributed by atoms with van der Waals surface area (Å²) in [6, 6.07) is 6.14. The molecule has 0 aliphatic heterocycles. The Morgan fingerprint density at radius 3 is 2.59 bits per heavy atom. The summed E-state index contributed by atoms with van der Waals surface area (Å²) >= 11 is 3.48. The predicted octanol–water partition coefficient (Wildman–Crippen LogP) is 2.53. The largest absolute Gasteiger partial charge is 0.496 e. The molecule has 0 aliphatic carbocycles. The molecule has 0 spiro atoms. The van der Waals surface area contributed by atoms with E-state index in [0.29, 0.717) is 0 Å². The van der Waals surface area contributed by atoms with E-state index in [4.69, 9.17) is 4.74 Å². The maximum Gasteiger partial charge on any atom is 0.133 e. The van der Waals surface area contributed by atoms with Crippen molar-refractivity contribution in [2.45, 2.75) is 6.54 Å². The van der Waals surface area contributed by atoms with E-state index in [1.54, 1.807) is 7.11 Å². The Morgan fingerprint density at radius 2 is 2.06 bits per heavy atom. The summed E-state index contributed by atoms with van der Waals surface area (Å²) in [5, 5.41) is 3.39. The average molecular weight is 324 g/mol. The zero-order valence-corrected chi connectivity index (χ0v) is 12.9. The predicted molar refractivity (Wildman–Crippen MR) is 78.2 cm³/mol. The van der Waals surface area contributed by atoms with Gasteiger partial charge < -0.3 is 15.0 Å². The lowest BCUT2D eigenvalue weighted by atomic mass is 10.2. The number of nitrogens with one attached hydrogen (secondary N) is 1. The third-order valence-corrected chi connectivity index (χ3v) is 2.90. The van der Waals surface area contributed by atoms with Crippen LogP contribution in [0.25, 0.3) is 0 Å². The van der Waals surface area contributed by atoms with Crippen molar-refractivity contribution in [3.63, 3.8) is 0 Å². The van der Waals surface area contributed by atoms with Crippen molar-refractivity contribution in [1.29, 1.82) is 0 Å². The molecule has 0 saturated carbocycles. The van der Waals surface area contributed by atoms with E-state index >= 15 is 0 Å². The standard InChI is InChI=1S/C12H19BrN2O.ClH/c1-15(2)7-6-14-9-10-4-5-12(16-3)11(13)8-10;/h4-5,8,14H,6-7,9H2,1-3H3;1H. The molecule has 98 valence electrons. The molecule has 0 bridgehead atoms. The first-order valence-corrected chi connectivity index (χ1v) is 6.10. The van der Waals surface area contributed by atoms with Gasteiger partial charge in [0.2, 0.25) is 0 Å². The molecule has 0 saturated heterocycles. The lowest BCUT2D eigenvalue weighted by Gasteiger charge is -2.11. The second-order valence-corrected chi connectivity index (χ2v) is 4.80. The van der Waals surface area contributed by atoms with Gasteiger partial charge in [-0.15, -0.1) is 12.4 Å². The Bertz CT molecular complexity index is 334. The molecule has 1 rings (SSSR count). The molecular formula is C12H20BrClN2O. The van der Waals surface area contributed by atoms with Crippen molar-refractivity contribution in [3.05, 3.63) is 28.2 Å². The first-order valence-electron chi connectivity index (χ1n) is 5.31. The number of methoxy groups -OCH3 is 1. The fraction of sp³-hybridized carbons (Fsp3) is 0.500. The summed E-state index contributed by atoms with van der Waals surface area (Å²) in [5.41, 5.74) is 1.26. The number of halogens is 2. The molecule has 3 nitrogen and oxygen atoms in total. The van der Waals surface area contributed by atoms with Crippen LogP contribution < -0.4 is 10.1 Å². The molecule has 0 heterocycles. The average Bonchev–Trinajstić information content (AvgIpc) is 2.24. The van der Waals surface area contributed by atoms with Gasteiger partial charge in [-0.25, -0.2) is 0 Å². The van der Waals surface area contributed by atoms with E-state index in [0.717, 1.165) is 29.9 Å². The number of nitrogens with zero attached hydrogens (tertiary/aromatic N) is 1. The van der Waals surface area contributed by atoms with Gasteiger partial charge in [-0.3, -0.25) is 0 Å². The lowest BCUT2D eigenvalue weighted by molar-refractivity contribution is 0.399. The molecular weight excluding hydrogens is 304 g/mol. The summed E-state index contributed by atoms with van der Waals surface area (Å²) in [7, 11) is 5.83. The molecule has 1 aromatic rings. The number of benzene rings is 1. The molecule has 0 radical (unpaired) electrons. The van der Waals surface area contributed by atoms with Gasteiger partial charge in [-0.1, -0.05) is 6.07 Å². The van der Waals surface area contributed by atoms with Gasteiger partial charge in [0.15, 0.2) is 0 Å². The van der Waals surface area contributed by atoms with Crippen molar-refractivity contribution in [3.8, 4) is 5.75 Å². The Balaban J connectivity index is 0.00000256. The van der Waals surface area contributed by atoms with Crippen LogP contribution in [0, 0.1) is 0 Å². The van der Waals surface area contributed by atoms with Gasteiger partial charge in [0.25, 0.3) is 0 Å². The summed E-state index contributed by atoms with van der Waals surface area (Å²) in [6.07, 6.45) is 0. The zero-order valence-electron chi connectivity index (χ0n) is 10.5. The van der Waals surface area contributed by atoms with Crippen molar-refractivity contribution >= 4 is 28.3 Å². The van der Waals surface area contributed by atoms with Crippen LogP contribution in [0.2, 0.25) is 0 Å². The molecule has 0 aromatic heterocycles. The first kappa shape index (κ1) is 16.7. The maximum absolute atomic E-state index is 5.18. The van der Waals surface area contributed by atoms with E-state index < -0.39 is 0 Å². The summed E-state index contributed by atoms with van der Waals surface area (Å²) in [5.74, 6) is 0.872. The van der Waals surface area contributed by atoms with Crippen molar-refractivity contribution in [1.82, 2.24) is 10.2 Å². The normalized spacial score (nSPS) is 10.2. The Hall–Kier alpha value is -0.290. The second kappa shape index (κ2) is 8.75. The van der Waals surface area contributed by atoms with Gasteiger partial charge >= 0.3 is 0 Å². The minimum absolute atomic E-state index is 0. The molecule has 0 atom stereocenters. The molecule has 1 aromatic carbocycles. The smallest absolute Gasteiger partial charge is 0.133 e. The van der Waals surface area contributed by atoms with Gasteiger partial charge in [-0.2, -0.15) is 0 Å². The molecule has 1 N–H and O–H groups in total. The van der Waals surface area contributed by atoms with Crippen molar-refractivity contribution < 1.29 is 4.74 Å². The Morgan fingerprint density at radius 1 is 1.35 bits per heavy atom. The molecule has 0 aliphatic rings. The number of ether oxygens (including phenoxy) is 1. The van der Waals surface area contributed by atoms with Gasteiger partial charge in [0.05, 0.1) is 11.6 Å². The third kappa shape index (κ3) is 6.27. The summed E-state index contributed by atoms with van der Waals surface area (Å²) < 4.78 is 6.18. The van der Waals surface area contributed by atoms with E-state index in [2.05, 4.69) is 52.4 Å². The minimum Gasteiger partial charge on any atom is -0.496 e. The number of rotatable bonds is 6. The van der Waals surface area contributed by atoms with Crippen LogP contribution in [0.15, 0.2) is 22.7 Å². The van der Waals surface area contributed by atoms with Crippen molar-refractivity contribution in [2.75, 3.05) is 34.3 Å². The van der Waals surface area contributed by atoms with Gasteiger partial charge in [0, 0.05) is 19.6 Å². The van der Waals surface area contributed by atoms with Crippen LogP contribution in [-0.4, -0.2) is 39.2 Å². The SMILES string of the molecule is COc1ccc(CNCCN(C)C)cc1Br.Cl. The fourth-order valence-corrected chi connectivity index (χ4v) is 1.94. The van der Waals surface area contributed by atoms with E-state index in [1.807, 2.05) is 6.07 Å². The van der Waals surface area contributed by atoms with E-state index in [1.165, 1.54) is 5.56 Å². The number of likely N-dealkylation sites (N-methyl/N-ethyl adjacent to an activating group) is 1. The van der Waals surface area contributed by atoms with E-state index in [-0.39, 0.29) is 12.4 Å². The lowest BCUT2D eigenvalue weighted by Crippen LogP contribution is -2.26. The summed E-state index contributed by atoms with van der Waals surface area (Å²) in [6.45, 7) is 2.93. The zero-order chi connectivity index (χ0) is 12.0. The van der Waals surface area contributed by atoms with Crippen LogP contribution in [0.3, 0.4) is 0 Å². The van der Waals surface area contributed by atoms with Crippen LogP contribution >= 0.6 is 28.3 Å². The quantitative estimate of drug-likeness (QED) is 0.814. The maximum atomic E-state index is 5.18. The fourth-order valence-electron chi connectivity index (χ4n) is 1.36. The molecule has 5 heteroatoms. The molecule has 0 amide bonds. The number of hydrogen-bond donors (Lipinski definition) is 1. The van der Waals surface area contributed by atoms with Gasteiger partial charge in [0.1, 0.15) is 5.75 Å². The van der Waals surface area contributed by atoms with Crippen LogP contribution in [0.5, 0.6) is 5.75 Å². The number of hydrogen-bond acceptors (Lipinski definition) is 3. The van der Waals surface area contributed by atoms with E-state index in [9.17, 15) is 0 Å². The van der Waals surface area contributed by atoms with Crippen LogP contribution in [0.4, 0.5) is 0 Å². The highest BCUT2D eigenvalue weighted by molar-refractivity contribution is 9.10. The van der Waals surface area contributed by atoms with Gasteiger partial charge in [-0.05, 0) is 47.7 Å². The Labute approximate surface area is 118 Å². The first-order chi connectivity index (χ1) is 7.63. The second-order valence-electron chi connectivity index (χ2n) is 3.95. The highest BCUT2D eigenvalue weighted by Crippen LogP contribution is 2.25. The Kier molecular flexibility index (Phi) is 8.60. The highest BCUT2D eigenvalue weighted by atomic mass is 79.9. The molecule has 17 heavy (non-hydrogen) atoms. The van der Waals surface area contributed by atoms with Crippen LogP contribution in [-0.2, 0) is 6.54 Å². The topological polar surface area (TPSA) is 24.5 Å².